The highest BCUT2D eigenvalue weighted by Crippen LogP contribution is 2.05. The molecule has 6 nitrogen and oxygen atoms in total. The van der Waals surface area contributed by atoms with Gasteiger partial charge in [0.2, 0.25) is 0 Å². The Kier molecular flexibility index (Phi) is 9.29. The van der Waals surface area contributed by atoms with Crippen molar-refractivity contribution in [3.8, 4) is 0 Å². The molecule has 0 heterocycles. The summed E-state index contributed by atoms with van der Waals surface area (Å²) in [7, 11) is 0. The van der Waals surface area contributed by atoms with Gasteiger partial charge in [0.05, 0.1) is 6.54 Å². The van der Waals surface area contributed by atoms with E-state index in [9.17, 15) is 9.59 Å². The molecule has 0 aliphatic heterocycles. The van der Waals surface area contributed by atoms with Crippen molar-refractivity contribution < 1.29 is 19.1 Å². The highest BCUT2D eigenvalue weighted by molar-refractivity contribution is 5.71. The second-order valence-electron chi connectivity index (χ2n) is 5.20. The average molecular weight is 308 g/mol. The Hall–Kier alpha value is -2.34. The normalized spacial score (nSPS) is 9.82. The molecular formula is C16H24N2O4. The van der Waals surface area contributed by atoms with Gasteiger partial charge in [-0.1, -0.05) is 36.9 Å². The Morgan fingerprint density at radius 1 is 1.27 bits per heavy atom. The van der Waals surface area contributed by atoms with E-state index in [2.05, 4.69) is 11.9 Å². The van der Waals surface area contributed by atoms with Gasteiger partial charge in [0.1, 0.15) is 12.2 Å². The van der Waals surface area contributed by atoms with E-state index < -0.39 is 11.7 Å². The third-order valence-electron chi connectivity index (χ3n) is 2.03. The van der Waals surface area contributed by atoms with Crippen LogP contribution >= 0.6 is 0 Å². The van der Waals surface area contributed by atoms with Crippen LogP contribution in [0.1, 0.15) is 26.3 Å². The van der Waals surface area contributed by atoms with Crippen LogP contribution < -0.4 is 11.1 Å². The van der Waals surface area contributed by atoms with Crippen LogP contribution in [-0.4, -0.2) is 24.2 Å². The fraction of sp³-hybridized carbons (Fsp3) is 0.375. The molecule has 1 amide bonds. The summed E-state index contributed by atoms with van der Waals surface area (Å²) in [6.07, 6.45) is 0.816. The van der Waals surface area contributed by atoms with Gasteiger partial charge >= 0.3 is 12.1 Å². The molecule has 0 unspecified atom stereocenters. The molecule has 0 atom stereocenters. The Morgan fingerprint density at radius 2 is 1.86 bits per heavy atom. The number of alkyl carbamates (subject to hydrolysis) is 1. The molecule has 1 rings (SSSR count). The molecule has 22 heavy (non-hydrogen) atoms. The summed E-state index contributed by atoms with van der Waals surface area (Å²) in [4.78, 5) is 21.3. The van der Waals surface area contributed by atoms with Gasteiger partial charge in [-0.2, -0.15) is 0 Å². The van der Waals surface area contributed by atoms with Crippen LogP contribution in [0.4, 0.5) is 4.79 Å². The predicted octanol–water partition coefficient (Wildman–Crippen LogP) is 2.34. The Bertz CT molecular complexity index is 467. The molecule has 0 aliphatic rings. The lowest BCUT2D eigenvalue weighted by atomic mass is 10.2. The summed E-state index contributed by atoms with van der Waals surface area (Å²) < 4.78 is 9.67. The van der Waals surface area contributed by atoms with E-state index in [1.165, 1.54) is 6.20 Å². The number of rotatable bonds is 4. The lowest BCUT2D eigenvalue weighted by Crippen LogP contribution is -2.29. The maximum atomic E-state index is 10.7. The molecule has 1 aromatic rings. The molecule has 0 aliphatic carbocycles. The number of ether oxygens (including phenoxy) is 2. The van der Waals surface area contributed by atoms with Crippen molar-refractivity contribution in [1.82, 2.24) is 5.32 Å². The van der Waals surface area contributed by atoms with E-state index in [-0.39, 0.29) is 12.5 Å². The summed E-state index contributed by atoms with van der Waals surface area (Å²) in [5, 5.41) is 2.30. The molecule has 122 valence electrons. The number of esters is 1. The molecule has 0 bridgehead atoms. The summed E-state index contributed by atoms with van der Waals surface area (Å²) in [5.41, 5.74) is 5.60. The van der Waals surface area contributed by atoms with Gasteiger partial charge in [0, 0.05) is 0 Å². The summed E-state index contributed by atoms with van der Waals surface area (Å²) >= 11 is 0. The smallest absolute Gasteiger partial charge is 0.411 e. The lowest BCUT2D eigenvalue weighted by molar-refractivity contribution is -0.143. The van der Waals surface area contributed by atoms with Gasteiger partial charge in [-0.05, 0) is 32.5 Å². The van der Waals surface area contributed by atoms with Gasteiger partial charge in [0.25, 0.3) is 0 Å². The van der Waals surface area contributed by atoms with Gasteiger partial charge in [-0.15, -0.1) is 0 Å². The molecule has 0 spiro atoms. The van der Waals surface area contributed by atoms with Crippen molar-refractivity contribution in [3.63, 3.8) is 0 Å². The number of hydrogen-bond donors (Lipinski definition) is 2. The topological polar surface area (TPSA) is 90.6 Å². The number of nitrogens with two attached hydrogens (primary N) is 1. The van der Waals surface area contributed by atoms with Gasteiger partial charge in [0.15, 0.2) is 0 Å². The third-order valence-corrected chi connectivity index (χ3v) is 2.03. The van der Waals surface area contributed by atoms with Crippen LogP contribution in [0.25, 0.3) is 0 Å². The van der Waals surface area contributed by atoms with Crippen molar-refractivity contribution in [3.05, 3.63) is 48.7 Å². The van der Waals surface area contributed by atoms with Crippen molar-refractivity contribution in [1.29, 1.82) is 0 Å². The number of amides is 1. The van der Waals surface area contributed by atoms with E-state index in [4.69, 9.17) is 15.2 Å². The van der Waals surface area contributed by atoms with E-state index in [1.54, 1.807) is 20.8 Å². The molecule has 1 aromatic carbocycles. The molecule has 6 heteroatoms. The third kappa shape index (κ3) is 11.5. The largest absolute Gasteiger partial charge is 0.460 e. The predicted molar refractivity (Wildman–Crippen MR) is 84.9 cm³/mol. The number of carbonyl (C=O) groups excluding carboxylic acids is 2. The second-order valence-corrected chi connectivity index (χ2v) is 5.20. The first kappa shape index (κ1) is 19.7. The first-order valence-corrected chi connectivity index (χ1v) is 6.78. The van der Waals surface area contributed by atoms with Crippen LogP contribution in [0.15, 0.2) is 43.1 Å². The Labute approximate surface area is 131 Å². The van der Waals surface area contributed by atoms with Gasteiger partial charge < -0.3 is 15.2 Å². The van der Waals surface area contributed by atoms with E-state index in [0.717, 1.165) is 5.56 Å². The SMILES string of the molecule is C=CNC(=O)OC(C)(C)C.NCC(=O)OCc1ccccc1. The highest BCUT2D eigenvalue weighted by atomic mass is 16.6. The minimum atomic E-state index is -0.470. The van der Waals surface area contributed by atoms with Gasteiger partial charge in [-0.25, -0.2) is 4.79 Å². The van der Waals surface area contributed by atoms with E-state index in [1.807, 2.05) is 30.3 Å². The zero-order valence-electron chi connectivity index (χ0n) is 13.3. The highest BCUT2D eigenvalue weighted by Gasteiger charge is 2.14. The van der Waals surface area contributed by atoms with Crippen molar-refractivity contribution >= 4 is 12.1 Å². The zero-order valence-corrected chi connectivity index (χ0v) is 13.3. The summed E-state index contributed by atoms with van der Waals surface area (Å²) in [5.74, 6) is -0.376. The molecule has 0 saturated carbocycles. The van der Waals surface area contributed by atoms with Crippen molar-refractivity contribution in [2.75, 3.05) is 6.54 Å². The number of hydrogen-bond acceptors (Lipinski definition) is 5. The minimum Gasteiger partial charge on any atom is -0.460 e. The monoisotopic (exact) mass is 308 g/mol. The fourth-order valence-corrected chi connectivity index (χ4v) is 1.19. The number of benzene rings is 1. The van der Waals surface area contributed by atoms with Crippen LogP contribution in [0.2, 0.25) is 0 Å². The number of nitrogens with one attached hydrogen (secondary N) is 1. The maximum Gasteiger partial charge on any atom is 0.411 e. The van der Waals surface area contributed by atoms with Crippen molar-refractivity contribution in [2.45, 2.75) is 33.0 Å². The van der Waals surface area contributed by atoms with Crippen LogP contribution in [-0.2, 0) is 20.9 Å². The first-order valence-electron chi connectivity index (χ1n) is 6.78. The van der Waals surface area contributed by atoms with Crippen LogP contribution in [0, 0.1) is 0 Å². The standard InChI is InChI=1S/C9H11NO2.C7H13NO2/c10-6-9(11)12-7-8-4-2-1-3-5-8;1-5-8-6(9)10-7(2,3)4/h1-5H,6-7,10H2;5H,1H2,2-4H3,(H,8,9). The van der Waals surface area contributed by atoms with Crippen molar-refractivity contribution in [2.24, 2.45) is 5.73 Å². The van der Waals surface area contributed by atoms with E-state index in [0.29, 0.717) is 6.61 Å². The molecule has 0 radical (unpaired) electrons. The van der Waals surface area contributed by atoms with Crippen LogP contribution in [0.5, 0.6) is 0 Å². The molecular weight excluding hydrogens is 284 g/mol. The fourth-order valence-electron chi connectivity index (χ4n) is 1.19. The second kappa shape index (κ2) is 10.4. The number of carbonyl (C=O) groups is 2. The maximum absolute atomic E-state index is 10.7. The summed E-state index contributed by atoms with van der Waals surface area (Å²) in [6, 6.07) is 9.49. The minimum absolute atomic E-state index is 0.0627. The first-order chi connectivity index (χ1) is 10.3. The quantitative estimate of drug-likeness (QED) is 0.833. The zero-order chi connectivity index (χ0) is 17.0. The van der Waals surface area contributed by atoms with E-state index >= 15 is 0 Å². The van der Waals surface area contributed by atoms with Crippen LogP contribution in [0.3, 0.4) is 0 Å². The Morgan fingerprint density at radius 3 is 2.32 bits per heavy atom. The van der Waals surface area contributed by atoms with Gasteiger partial charge in [-0.3, -0.25) is 10.1 Å². The lowest BCUT2D eigenvalue weighted by Gasteiger charge is -2.18. The molecule has 0 saturated heterocycles. The Balaban J connectivity index is 0.000000409. The molecule has 3 N–H and O–H groups in total. The average Bonchev–Trinajstić information content (AvgIpc) is 2.45. The molecule has 0 fully saturated rings. The molecule has 0 aromatic heterocycles. The summed E-state index contributed by atoms with van der Waals surface area (Å²) in [6.45, 7) is 8.96.